The van der Waals surface area contributed by atoms with Crippen LogP contribution in [-0.4, -0.2) is 95.1 Å². The number of carboxylic acids is 1. The van der Waals surface area contributed by atoms with Crippen molar-refractivity contribution in [3.8, 4) is 0 Å². The highest BCUT2D eigenvalue weighted by Gasteiger charge is 2.28. The van der Waals surface area contributed by atoms with Crippen LogP contribution in [0.2, 0.25) is 0 Å². The number of aliphatic hydroxyl groups is 1. The van der Waals surface area contributed by atoms with Crippen molar-refractivity contribution >= 4 is 48.1 Å². The molecule has 0 saturated heterocycles. The molecule has 0 aliphatic heterocycles. The number of carboxylic acid groups (broad SMARTS) is 1. The van der Waals surface area contributed by atoms with Crippen LogP contribution in [0.1, 0.15) is 27.2 Å². The molecule has 10 N–H and O–H groups in total. The summed E-state index contributed by atoms with van der Waals surface area (Å²) in [6.07, 6.45) is 1.06. The van der Waals surface area contributed by atoms with Crippen molar-refractivity contribution in [2.75, 3.05) is 26.0 Å². The Balaban J connectivity index is -0.00000227. The number of carbonyl (C=O) groups excluding carboxylic acids is 5. The second kappa shape index (κ2) is 21.8. The molecule has 0 aromatic carbocycles. The Bertz CT molecular complexity index is 667. The third-order valence-electron chi connectivity index (χ3n) is 3.34. The number of amides is 5. The normalized spacial score (nSPS) is 12.1. The van der Waals surface area contributed by atoms with Crippen molar-refractivity contribution in [1.29, 1.82) is 0 Å². The van der Waals surface area contributed by atoms with Crippen molar-refractivity contribution in [3.63, 3.8) is 0 Å². The number of hydroxylamine groups is 1. The Morgan fingerprint density at radius 3 is 1.91 bits per heavy atom. The van der Waals surface area contributed by atoms with Gasteiger partial charge in [0.2, 0.25) is 29.5 Å². The molecule has 1 unspecified atom stereocenters. The van der Waals surface area contributed by atoms with Gasteiger partial charge in [-0.25, -0.2) is 5.26 Å². The summed E-state index contributed by atoms with van der Waals surface area (Å²) in [6, 6.07) is -4.23. The molecule has 198 valence electrons. The number of nitrogens with two attached hydrogens (primary N) is 1. The number of carbonyl (C=O) groups is 6. The number of nitrogens with one attached hydrogen (secondary N) is 5. The third kappa shape index (κ3) is 17.6. The first kappa shape index (κ1) is 35.6. The Morgan fingerprint density at radius 1 is 0.912 bits per heavy atom. The summed E-state index contributed by atoms with van der Waals surface area (Å²) in [5.41, 5.74) is 6.80. The zero-order valence-electron chi connectivity index (χ0n) is 19.3. The minimum absolute atomic E-state index is 0.545. The predicted octanol–water partition coefficient (Wildman–Crippen LogP) is -3.90. The van der Waals surface area contributed by atoms with Crippen molar-refractivity contribution in [2.24, 2.45) is 5.73 Å². The number of hydrogen-bond acceptors (Lipinski definition) is 11. The van der Waals surface area contributed by atoms with Gasteiger partial charge in [0.1, 0.15) is 31.2 Å². The van der Waals surface area contributed by atoms with Gasteiger partial charge in [0, 0.05) is 0 Å². The SMILES string of the molecule is CC.CS.C[C@H](NC(=O)C(CO)NC(=O)CNOO)C(=O)N[C@@H](CC(N)=O)C(=O)NCC(=O)O. The Kier molecular flexibility index (Phi) is 22.9. The van der Waals surface area contributed by atoms with Crippen molar-refractivity contribution in [2.45, 2.75) is 45.3 Å². The van der Waals surface area contributed by atoms with Crippen LogP contribution in [0.3, 0.4) is 0 Å². The Morgan fingerprint density at radius 2 is 1.47 bits per heavy atom. The molecule has 0 rings (SSSR count). The number of thiol groups is 1. The highest BCUT2D eigenvalue weighted by atomic mass is 32.1. The zero-order chi connectivity index (χ0) is 27.3. The number of hydrogen-bond donors (Lipinski definition) is 10. The van der Waals surface area contributed by atoms with E-state index in [-0.39, 0.29) is 0 Å². The van der Waals surface area contributed by atoms with E-state index in [2.05, 4.69) is 33.6 Å². The molecule has 0 aromatic heterocycles. The van der Waals surface area contributed by atoms with Gasteiger partial charge in [-0.05, 0) is 13.2 Å². The van der Waals surface area contributed by atoms with Gasteiger partial charge in [-0.1, -0.05) is 13.8 Å². The Hall–Kier alpha value is -2.99. The van der Waals surface area contributed by atoms with Crippen LogP contribution in [0.4, 0.5) is 0 Å². The van der Waals surface area contributed by atoms with E-state index in [0.29, 0.717) is 0 Å². The fourth-order valence-corrected chi connectivity index (χ4v) is 1.91. The molecule has 5 amide bonds. The van der Waals surface area contributed by atoms with Crippen LogP contribution in [0, 0.1) is 0 Å². The van der Waals surface area contributed by atoms with Gasteiger partial charge < -0.3 is 37.2 Å². The van der Waals surface area contributed by atoms with Gasteiger partial charge in [0.05, 0.1) is 13.0 Å². The monoisotopic (exact) mass is 514 g/mol. The quantitative estimate of drug-likeness (QED) is 0.0608. The molecule has 0 fully saturated rings. The van der Waals surface area contributed by atoms with Gasteiger partial charge in [-0.15, -0.1) is 4.99 Å². The molecule has 0 aliphatic rings. The predicted molar refractivity (Wildman–Crippen MR) is 121 cm³/mol. The van der Waals surface area contributed by atoms with Gasteiger partial charge in [-0.3, -0.25) is 28.8 Å². The summed E-state index contributed by atoms with van der Waals surface area (Å²) in [7, 11) is 0. The summed E-state index contributed by atoms with van der Waals surface area (Å²) in [4.78, 5) is 72.8. The molecule has 0 spiro atoms. The first-order valence-electron chi connectivity index (χ1n) is 9.78. The molecular formula is C17H34N6O10S. The van der Waals surface area contributed by atoms with Crippen LogP contribution in [0.25, 0.3) is 0 Å². The van der Waals surface area contributed by atoms with E-state index in [1.165, 1.54) is 6.92 Å². The number of aliphatic carboxylic acids is 1. The van der Waals surface area contributed by atoms with E-state index in [1.54, 1.807) is 11.7 Å². The van der Waals surface area contributed by atoms with Crippen LogP contribution in [0.5, 0.6) is 0 Å². The maximum atomic E-state index is 12.2. The average molecular weight is 515 g/mol. The fourth-order valence-electron chi connectivity index (χ4n) is 1.91. The minimum Gasteiger partial charge on any atom is -0.480 e. The maximum absolute atomic E-state index is 12.2. The zero-order valence-corrected chi connectivity index (χ0v) is 20.2. The first-order chi connectivity index (χ1) is 16.0. The van der Waals surface area contributed by atoms with E-state index in [0.717, 1.165) is 0 Å². The summed E-state index contributed by atoms with van der Waals surface area (Å²) < 4.78 is 0. The van der Waals surface area contributed by atoms with E-state index >= 15 is 0 Å². The smallest absolute Gasteiger partial charge is 0.322 e. The summed E-state index contributed by atoms with van der Waals surface area (Å²) >= 11 is 3.53. The van der Waals surface area contributed by atoms with Gasteiger partial charge in [-0.2, -0.15) is 18.1 Å². The summed E-state index contributed by atoms with van der Waals surface area (Å²) in [5, 5.41) is 34.2. The van der Waals surface area contributed by atoms with Gasteiger partial charge in [0.15, 0.2) is 0 Å². The minimum atomic E-state index is -1.49. The lowest BCUT2D eigenvalue weighted by atomic mass is 10.1. The highest BCUT2D eigenvalue weighted by molar-refractivity contribution is 7.79. The average Bonchev–Trinajstić information content (AvgIpc) is 2.81. The highest BCUT2D eigenvalue weighted by Crippen LogP contribution is 1.95. The molecule has 0 radical (unpaired) electrons. The molecule has 34 heavy (non-hydrogen) atoms. The standard InChI is InChI=1S/C14H24N6O10.C2H6.CH4S/c1-6(18-14(28)8(5-21)19-10(23)3-17-30-29)12(26)20-7(2-9(15)22)13(27)16-4-11(24)25;2*1-2/h6-8,17,21,29H,2-5H2,1H3,(H2,15,22)(H,16,27)(H,18,28)(H,19,23)(H,20,26)(H,24,25);1-2H3;2H,1H3/t6-,7-,8?;;/m0../s1. The van der Waals surface area contributed by atoms with E-state index in [9.17, 15) is 33.9 Å². The van der Waals surface area contributed by atoms with Crippen LogP contribution in [0.15, 0.2) is 0 Å². The van der Waals surface area contributed by atoms with E-state index < -0.39 is 79.7 Å². The molecule has 0 heterocycles. The van der Waals surface area contributed by atoms with Crippen LogP contribution < -0.4 is 32.5 Å². The maximum Gasteiger partial charge on any atom is 0.322 e. The number of primary amides is 1. The summed E-state index contributed by atoms with van der Waals surface area (Å²) in [5.74, 6) is -6.01. The largest absolute Gasteiger partial charge is 0.480 e. The molecular weight excluding hydrogens is 480 g/mol. The first-order valence-corrected chi connectivity index (χ1v) is 10.7. The Labute approximate surface area is 201 Å². The molecule has 0 saturated carbocycles. The lowest BCUT2D eigenvalue weighted by molar-refractivity contribution is -0.290. The second-order valence-electron chi connectivity index (χ2n) is 5.79. The van der Waals surface area contributed by atoms with Gasteiger partial charge in [0.25, 0.3) is 0 Å². The number of rotatable bonds is 14. The molecule has 0 aromatic rings. The van der Waals surface area contributed by atoms with Crippen LogP contribution in [-0.2, 0) is 33.8 Å². The molecule has 16 nitrogen and oxygen atoms in total. The van der Waals surface area contributed by atoms with Crippen molar-refractivity contribution in [3.05, 3.63) is 0 Å². The number of aliphatic hydroxyl groups excluding tert-OH is 1. The van der Waals surface area contributed by atoms with Gasteiger partial charge >= 0.3 is 5.97 Å². The lowest BCUT2D eigenvalue weighted by Crippen LogP contribution is -2.57. The summed E-state index contributed by atoms with van der Waals surface area (Å²) in [6.45, 7) is 3.08. The molecule has 0 bridgehead atoms. The van der Waals surface area contributed by atoms with E-state index in [4.69, 9.17) is 16.1 Å². The third-order valence-corrected chi connectivity index (χ3v) is 3.34. The van der Waals surface area contributed by atoms with Crippen LogP contribution >= 0.6 is 12.6 Å². The second-order valence-corrected chi connectivity index (χ2v) is 5.79. The molecule has 0 aliphatic carbocycles. The van der Waals surface area contributed by atoms with E-state index in [1.807, 2.05) is 19.2 Å². The molecule has 3 atom stereocenters. The lowest BCUT2D eigenvalue weighted by Gasteiger charge is -2.22. The topological polar surface area (TPSA) is 259 Å². The van der Waals surface area contributed by atoms with Crippen molar-refractivity contribution in [1.82, 2.24) is 26.7 Å². The fraction of sp³-hybridized carbons (Fsp3) is 0.647. The van der Waals surface area contributed by atoms with Crippen molar-refractivity contribution < 1.29 is 49.2 Å². The molecule has 17 heteroatoms.